The number of nitrogens with one attached hydrogen (secondary N) is 1. The van der Waals surface area contributed by atoms with Gasteiger partial charge in [0.15, 0.2) is 11.5 Å². The van der Waals surface area contributed by atoms with Crippen LogP contribution < -0.4 is 0 Å². The summed E-state index contributed by atoms with van der Waals surface area (Å²) < 4.78 is 4.13. The maximum Gasteiger partial charge on any atom is 0.196 e. The van der Waals surface area contributed by atoms with Gasteiger partial charge in [-0.1, -0.05) is 37.1 Å². The number of halogens is 1. The molecular formula is C22H21ClN8. The highest BCUT2D eigenvalue weighted by atomic mass is 35.5. The van der Waals surface area contributed by atoms with Crippen LogP contribution in [0.5, 0.6) is 0 Å². The lowest BCUT2D eigenvalue weighted by Crippen LogP contribution is -2.06. The van der Waals surface area contributed by atoms with Crippen molar-refractivity contribution in [2.45, 2.75) is 32.7 Å². The Labute approximate surface area is 183 Å². The van der Waals surface area contributed by atoms with Gasteiger partial charge in [-0.3, -0.25) is 4.57 Å². The monoisotopic (exact) mass is 432 g/mol. The first-order chi connectivity index (χ1) is 15.2. The van der Waals surface area contributed by atoms with Gasteiger partial charge in [0, 0.05) is 18.3 Å². The fourth-order valence-corrected chi connectivity index (χ4v) is 4.01. The molecule has 0 saturated carbocycles. The minimum Gasteiger partial charge on any atom is -0.308 e. The third-order valence-corrected chi connectivity index (χ3v) is 5.59. The summed E-state index contributed by atoms with van der Waals surface area (Å²) in [7, 11) is 0. The molecule has 1 aromatic carbocycles. The highest BCUT2D eigenvalue weighted by Gasteiger charge is 2.15. The van der Waals surface area contributed by atoms with E-state index in [9.17, 15) is 0 Å². The van der Waals surface area contributed by atoms with Crippen LogP contribution in [0.3, 0.4) is 0 Å². The number of aryl methyl sites for hydroxylation is 1. The Balaban J connectivity index is 1.47. The molecule has 0 saturated heterocycles. The summed E-state index contributed by atoms with van der Waals surface area (Å²) in [5.41, 5.74) is 4.76. The number of aromatic amines is 1. The minimum atomic E-state index is 0.563. The summed E-state index contributed by atoms with van der Waals surface area (Å²) in [5, 5.41) is 14.7. The third-order valence-electron chi connectivity index (χ3n) is 5.29. The maximum atomic E-state index is 6.45. The van der Waals surface area contributed by atoms with Gasteiger partial charge in [0.1, 0.15) is 16.5 Å². The van der Waals surface area contributed by atoms with Crippen LogP contribution in [-0.4, -0.2) is 39.7 Å². The Morgan fingerprint density at radius 3 is 2.71 bits per heavy atom. The average molecular weight is 433 g/mol. The number of benzene rings is 1. The largest absolute Gasteiger partial charge is 0.308 e. The molecule has 0 aliphatic rings. The summed E-state index contributed by atoms with van der Waals surface area (Å²) in [6.07, 6.45) is 5.00. The maximum absolute atomic E-state index is 6.45. The predicted octanol–water partition coefficient (Wildman–Crippen LogP) is 4.45. The standard InChI is InChI=1S/C22H21ClN8/c1-2-3-6-20-25-17-5-4-13-24-22(17)30(20)14-15-7-9-16(10-8-15)31-18(11-12-19(31)23)21-26-28-29-27-21/h4-5,7-13H,2-3,6,14H2,1H3,(H,26,27,28,29). The highest BCUT2D eigenvalue weighted by Crippen LogP contribution is 2.27. The van der Waals surface area contributed by atoms with E-state index < -0.39 is 0 Å². The number of hydrogen-bond donors (Lipinski definition) is 1. The molecule has 5 rings (SSSR count). The molecule has 31 heavy (non-hydrogen) atoms. The number of rotatable bonds is 7. The molecule has 0 bridgehead atoms. The van der Waals surface area contributed by atoms with E-state index in [-0.39, 0.29) is 0 Å². The number of nitrogens with zero attached hydrogens (tertiary/aromatic N) is 7. The quantitative estimate of drug-likeness (QED) is 0.410. The molecule has 0 aliphatic heterocycles. The van der Waals surface area contributed by atoms with Crippen molar-refractivity contribution in [2.75, 3.05) is 0 Å². The van der Waals surface area contributed by atoms with Crippen molar-refractivity contribution < 1.29 is 0 Å². The van der Waals surface area contributed by atoms with Crippen LogP contribution in [0.1, 0.15) is 31.2 Å². The SMILES string of the molecule is CCCCc1nc2cccnc2n1Cc1ccc(-n2c(Cl)ccc2-c2nnn[nH]2)cc1. The van der Waals surface area contributed by atoms with Crippen molar-refractivity contribution in [3.05, 3.63) is 71.3 Å². The second kappa shape index (κ2) is 8.31. The molecule has 1 N–H and O–H groups in total. The first kappa shape index (κ1) is 19.4. The summed E-state index contributed by atoms with van der Waals surface area (Å²) >= 11 is 6.45. The van der Waals surface area contributed by atoms with Crippen LogP contribution in [0, 0.1) is 0 Å². The van der Waals surface area contributed by atoms with Crippen LogP contribution in [0.25, 0.3) is 28.4 Å². The summed E-state index contributed by atoms with van der Waals surface area (Å²) in [4.78, 5) is 9.39. The number of unbranched alkanes of at least 4 members (excludes halogenated alkanes) is 1. The second-order valence-electron chi connectivity index (χ2n) is 7.36. The number of imidazole rings is 1. The van der Waals surface area contributed by atoms with Crippen LogP contribution in [-0.2, 0) is 13.0 Å². The van der Waals surface area contributed by atoms with E-state index in [1.54, 1.807) is 0 Å². The molecule has 5 aromatic rings. The van der Waals surface area contributed by atoms with Crippen molar-refractivity contribution >= 4 is 22.8 Å². The van der Waals surface area contributed by atoms with Crippen LogP contribution in [0.2, 0.25) is 5.15 Å². The normalized spacial score (nSPS) is 11.4. The van der Waals surface area contributed by atoms with Gasteiger partial charge in [-0.05, 0) is 58.8 Å². The Morgan fingerprint density at radius 2 is 1.94 bits per heavy atom. The number of pyridine rings is 1. The molecule has 4 heterocycles. The van der Waals surface area contributed by atoms with Gasteiger partial charge in [0.25, 0.3) is 0 Å². The van der Waals surface area contributed by atoms with E-state index in [4.69, 9.17) is 16.6 Å². The molecule has 0 spiro atoms. The van der Waals surface area contributed by atoms with Crippen molar-refractivity contribution in [3.63, 3.8) is 0 Å². The molecule has 9 heteroatoms. The number of H-pyrrole nitrogens is 1. The van der Waals surface area contributed by atoms with Gasteiger partial charge < -0.3 is 4.57 Å². The lowest BCUT2D eigenvalue weighted by molar-refractivity contribution is 0.686. The van der Waals surface area contributed by atoms with E-state index in [1.807, 2.05) is 47.2 Å². The molecule has 0 unspecified atom stereocenters. The van der Waals surface area contributed by atoms with Crippen molar-refractivity contribution in [3.8, 4) is 17.2 Å². The fraction of sp³-hybridized carbons (Fsp3) is 0.227. The summed E-state index contributed by atoms with van der Waals surface area (Å²) in [5.74, 6) is 1.64. The van der Waals surface area contributed by atoms with Gasteiger partial charge in [-0.2, -0.15) is 0 Å². The van der Waals surface area contributed by atoms with Crippen molar-refractivity contribution in [1.82, 2.24) is 39.7 Å². The highest BCUT2D eigenvalue weighted by molar-refractivity contribution is 6.30. The smallest absolute Gasteiger partial charge is 0.196 e. The Morgan fingerprint density at radius 1 is 1.06 bits per heavy atom. The van der Waals surface area contributed by atoms with E-state index in [2.05, 4.69) is 49.2 Å². The zero-order valence-electron chi connectivity index (χ0n) is 17.0. The third kappa shape index (κ3) is 3.70. The molecule has 8 nitrogen and oxygen atoms in total. The minimum absolute atomic E-state index is 0.563. The topological polar surface area (TPSA) is 90.1 Å². The number of hydrogen-bond acceptors (Lipinski definition) is 5. The van der Waals surface area contributed by atoms with Gasteiger partial charge >= 0.3 is 0 Å². The van der Waals surface area contributed by atoms with E-state index >= 15 is 0 Å². The second-order valence-corrected chi connectivity index (χ2v) is 7.74. The molecule has 0 fully saturated rings. The fourth-order valence-electron chi connectivity index (χ4n) is 3.76. The Bertz CT molecular complexity index is 1300. The Kier molecular flexibility index (Phi) is 5.21. The lowest BCUT2D eigenvalue weighted by atomic mass is 10.2. The molecule has 0 atom stereocenters. The lowest BCUT2D eigenvalue weighted by Gasteiger charge is -2.12. The molecule has 4 aromatic heterocycles. The average Bonchev–Trinajstić information content (AvgIpc) is 3.52. The predicted molar refractivity (Wildman–Crippen MR) is 119 cm³/mol. The number of tetrazole rings is 1. The molecule has 0 amide bonds. The van der Waals surface area contributed by atoms with Crippen molar-refractivity contribution in [1.29, 1.82) is 0 Å². The zero-order valence-corrected chi connectivity index (χ0v) is 17.8. The van der Waals surface area contributed by atoms with Gasteiger partial charge in [-0.25, -0.2) is 15.1 Å². The molecular weight excluding hydrogens is 412 g/mol. The summed E-state index contributed by atoms with van der Waals surface area (Å²) in [6.45, 7) is 2.91. The first-order valence-corrected chi connectivity index (χ1v) is 10.6. The molecule has 0 aliphatic carbocycles. The van der Waals surface area contributed by atoms with Crippen LogP contribution in [0.15, 0.2) is 54.7 Å². The Hall–Kier alpha value is -3.52. The van der Waals surface area contributed by atoms with E-state index in [0.717, 1.165) is 53.2 Å². The van der Waals surface area contributed by atoms with E-state index in [0.29, 0.717) is 17.5 Å². The molecule has 0 radical (unpaired) electrons. The van der Waals surface area contributed by atoms with Crippen LogP contribution in [0.4, 0.5) is 0 Å². The zero-order chi connectivity index (χ0) is 21.2. The van der Waals surface area contributed by atoms with Gasteiger partial charge in [0.2, 0.25) is 0 Å². The van der Waals surface area contributed by atoms with Gasteiger partial charge in [-0.15, -0.1) is 5.10 Å². The number of aromatic nitrogens is 8. The van der Waals surface area contributed by atoms with Crippen LogP contribution >= 0.6 is 11.6 Å². The molecule has 156 valence electrons. The van der Waals surface area contributed by atoms with E-state index in [1.165, 1.54) is 0 Å². The van der Waals surface area contributed by atoms with Crippen molar-refractivity contribution in [2.24, 2.45) is 0 Å². The number of fused-ring (bicyclic) bond motifs is 1. The summed E-state index contributed by atoms with van der Waals surface area (Å²) in [6, 6.07) is 16.0. The first-order valence-electron chi connectivity index (χ1n) is 10.3. The van der Waals surface area contributed by atoms with Gasteiger partial charge in [0.05, 0.1) is 12.2 Å².